The maximum atomic E-state index is 13.0. The van der Waals surface area contributed by atoms with E-state index in [0.717, 1.165) is 31.4 Å². The van der Waals surface area contributed by atoms with Gasteiger partial charge in [-0.3, -0.25) is 0 Å². The summed E-state index contributed by atoms with van der Waals surface area (Å²) in [5, 5.41) is 0. The standard InChI is InChI=1S/C11H10F3IO3.C11H12I2O3.C10H9F2IO3.C10H10FIO3/c1-2-17-6-18-10(16)7-3-8(11(12,13)14)5-9(15)4-7;1-3-15-6-16-11(14)8-4-9(12)7(2)10(13)5-8;1-2-15-5-16-10(14)6-3-7(11)9(12)8(13)4-6;1-2-14-6-15-10(13)7-3-8(11)5-9(12)4-7/h3-5H,2,6H2,1H3;4-5H,3,6H2,1-2H3;3-4H,2,5H2,1H3;3-5H,2,6H2,1H3. The van der Waals surface area contributed by atoms with E-state index in [0.29, 0.717) is 39.1 Å². The Bertz CT molecular complexity index is 2040. The molecule has 4 aromatic rings. The van der Waals surface area contributed by atoms with Crippen molar-refractivity contribution in [3.63, 3.8) is 0 Å². The third-order valence-corrected chi connectivity index (χ3v) is 11.5. The predicted octanol–water partition coefficient (Wildman–Crippen LogP) is 12.1. The molecule has 0 aliphatic rings. The molecule has 0 N–H and O–H groups in total. The van der Waals surface area contributed by atoms with Crippen LogP contribution in [0.15, 0.2) is 60.7 Å². The molecule has 358 valence electrons. The fourth-order valence-electron chi connectivity index (χ4n) is 4.03. The Morgan fingerprint density at radius 1 is 0.477 bits per heavy atom. The van der Waals surface area contributed by atoms with Crippen LogP contribution in [0.3, 0.4) is 0 Å². The number of halogens is 11. The van der Waals surface area contributed by atoms with Crippen molar-refractivity contribution in [3.05, 3.63) is 129 Å². The summed E-state index contributed by atoms with van der Waals surface area (Å²) in [6.07, 6.45) is -4.49. The van der Waals surface area contributed by atoms with E-state index in [-0.39, 0.29) is 53.4 Å². The van der Waals surface area contributed by atoms with E-state index in [1.54, 1.807) is 72.0 Å². The summed E-state index contributed by atoms with van der Waals surface area (Å²) in [6, 6.07) is 12.7. The molecule has 0 bridgehead atoms. The number of carbonyl (C=O) groups excluding carboxylic acids is 4. The van der Waals surface area contributed by atoms with E-state index >= 15 is 0 Å². The summed E-state index contributed by atoms with van der Waals surface area (Å²) in [5.74, 6) is -5.01. The SMILES string of the molecule is CCOCOC(=O)c1cc(F)c(F)c(I)c1.CCOCOC(=O)c1cc(F)cc(I)c1.CCOCOC(=O)c1cc(I)c(C)c(I)c1.CCOCOC(=O)c1cc(I)cc(C(F)(F)F)c1. The summed E-state index contributed by atoms with van der Waals surface area (Å²) in [4.78, 5) is 45.8. The van der Waals surface area contributed by atoms with Crippen LogP contribution in [0.25, 0.3) is 0 Å². The van der Waals surface area contributed by atoms with Crippen molar-refractivity contribution in [1.29, 1.82) is 0 Å². The van der Waals surface area contributed by atoms with Crippen LogP contribution in [0, 0.1) is 42.2 Å². The number of hydrogen-bond acceptors (Lipinski definition) is 12. The number of ether oxygens (including phenoxy) is 8. The fourth-order valence-corrected chi connectivity index (χ4v) is 7.69. The molecule has 0 radical (unpaired) electrons. The zero-order valence-corrected chi connectivity index (χ0v) is 45.8. The highest BCUT2D eigenvalue weighted by Crippen LogP contribution is 2.31. The summed E-state index contributed by atoms with van der Waals surface area (Å²) in [5.41, 5.74) is 0.885. The van der Waals surface area contributed by atoms with Crippen LogP contribution in [-0.2, 0) is 44.1 Å². The molecule has 0 unspecified atom stereocenters. The lowest BCUT2D eigenvalue weighted by atomic mass is 10.1. The molecule has 0 aromatic heterocycles. The Balaban J connectivity index is 0.000000434. The number of alkyl halides is 3. The first-order valence-corrected chi connectivity index (χ1v) is 23.9. The van der Waals surface area contributed by atoms with Crippen LogP contribution in [0.2, 0.25) is 0 Å². The van der Waals surface area contributed by atoms with Crippen LogP contribution < -0.4 is 0 Å². The first-order valence-electron chi connectivity index (χ1n) is 18.5. The second-order valence-electron chi connectivity index (χ2n) is 11.9. The number of benzene rings is 4. The van der Waals surface area contributed by atoms with Gasteiger partial charge in [0.25, 0.3) is 0 Å². The van der Waals surface area contributed by atoms with Crippen molar-refractivity contribution >= 4 is 137 Å². The van der Waals surface area contributed by atoms with Gasteiger partial charge in [-0.25, -0.2) is 32.3 Å². The van der Waals surface area contributed by atoms with Gasteiger partial charge >= 0.3 is 30.1 Å². The van der Waals surface area contributed by atoms with E-state index in [9.17, 15) is 45.5 Å². The zero-order chi connectivity index (χ0) is 49.3. The van der Waals surface area contributed by atoms with E-state index in [2.05, 4.69) is 54.7 Å². The third-order valence-electron chi connectivity index (χ3n) is 7.21. The van der Waals surface area contributed by atoms with Crippen molar-refractivity contribution in [3.8, 4) is 0 Å². The molecule has 0 atom stereocenters. The summed E-state index contributed by atoms with van der Waals surface area (Å²) >= 11 is 9.66. The highest BCUT2D eigenvalue weighted by Gasteiger charge is 2.32. The second kappa shape index (κ2) is 32.6. The molecule has 65 heavy (non-hydrogen) atoms. The summed E-state index contributed by atoms with van der Waals surface area (Å²) in [6.45, 7) is 10.3. The first kappa shape index (κ1) is 60.8. The van der Waals surface area contributed by atoms with Crippen molar-refractivity contribution in [1.82, 2.24) is 0 Å². The molecule has 0 spiro atoms. The second-order valence-corrected chi connectivity index (χ2v) is 17.9. The van der Waals surface area contributed by atoms with Crippen LogP contribution in [0.4, 0.5) is 26.3 Å². The van der Waals surface area contributed by atoms with E-state index in [1.807, 2.05) is 48.6 Å². The summed E-state index contributed by atoms with van der Waals surface area (Å²) < 4.78 is 118. The maximum Gasteiger partial charge on any atom is 0.416 e. The van der Waals surface area contributed by atoms with Crippen LogP contribution >= 0.6 is 113 Å². The van der Waals surface area contributed by atoms with Crippen molar-refractivity contribution in [2.45, 2.75) is 40.8 Å². The van der Waals surface area contributed by atoms with E-state index in [4.69, 9.17) is 28.4 Å². The molecule has 0 saturated heterocycles. The third kappa shape index (κ3) is 24.1. The van der Waals surface area contributed by atoms with E-state index in [1.165, 1.54) is 23.8 Å². The van der Waals surface area contributed by atoms with Gasteiger partial charge in [-0.05, 0) is 214 Å². The van der Waals surface area contributed by atoms with Crippen LogP contribution in [0.5, 0.6) is 0 Å². The molecule has 0 amide bonds. The average Bonchev–Trinajstić information content (AvgIpc) is 3.24. The van der Waals surface area contributed by atoms with E-state index < -0.39 is 47.1 Å². The zero-order valence-electron chi connectivity index (χ0n) is 35.0. The molecule has 4 rings (SSSR count). The van der Waals surface area contributed by atoms with Crippen molar-refractivity contribution < 1.29 is 83.4 Å². The minimum atomic E-state index is -4.49. The number of hydrogen-bond donors (Lipinski definition) is 0. The van der Waals surface area contributed by atoms with Gasteiger partial charge in [0.05, 0.1) is 31.4 Å². The van der Waals surface area contributed by atoms with Gasteiger partial charge in [0.15, 0.2) is 38.8 Å². The molecule has 12 nitrogen and oxygen atoms in total. The topological polar surface area (TPSA) is 142 Å². The first-order chi connectivity index (χ1) is 30.6. The van der Waals surface area contributed by atoms with Crippen LogP contribution in [-0.4, -0.2) is 77.5 Å². The van der Waals surface area contributed by atoms with Gasteiger partial charge in [-0.1, -0.05) is 0 Å². The Morgan fingerprint density at radius 3 is 1.17 bits per heavy atom. The van der Waals surface area contributed by atoms with Gasteiger partial charge in [0.1, 0.15) is 5.82 Å². The highest BCUT2D eigenvalue weighted by atomic mass is 127. The minimum Gasteiger partial charge on any atom is -0.435 e. The van der Waals surface area contributed by atoms with Gasteiger partial charge in [-0.15, -0.1) is 0 Å². The number of rotatable bonds is 16. The van der Waals surface area contributed by atoms with Crippen molar-refractivity contribution in [2.24, 2.45) is 0 Å². The molecule has 4 aromatic carbocycles. The Labute approximate surface area is 439 Å². The van der Waals surface area contributed by atoms with Crippen molar-refractivity contribution in [2.75, 3.05) is 53.6 Å². The minimum absolute atomic E-state index is 0.0103. The molecule has 0 saturated carbocycles. The largest absolute Gasteiger partial charge is 0.435 e. The van der Waals surface area contributed by atoms with Crippen LogP contribution in [0.1, 0.15) is 80.3 Å². The number of esters is 4. The van der Waals surface area contributed by atoms with Gasteiger partial charge < -0.3 is 37.9 Å². The lowest BCUT2D eigenvalue weighted by Crippen LogP contribution is -2.12. The normalized spacial score (nSPS) is 10.5. The Kier molecular flexibility index (Phi) is 30.5. The van der Waals surface area contributed by atoms with Gasteiger partial charge in [0.2, 0.25) is 0 Å². The fraction of sp³-hybridized carbons (Fsp3) is 0.333. The summed E-state index contributed by atoms with van der Waals surface area (Å²) in [7, 11) is 0. The Morgan fingerprint density at radius 2 is 0.815 bits per heavy atom. The van der Waals surface area contributed by atoms with Gasteiger partial charge in [0, 0.05) is 40.7 Å². The molecule has 23 heteroatoms. The maximum absolute atomic E-state index is 13.0. The lowest BCUT2D eigenvalue weighted by Gasteiger charge is -2.10. The highest BCUT2D eigenvalue weighted by molar-refractivity contribution is 14.1. The Hall–Kier alpha value is -2.17. The average molecular weight is 1490 g/mol. The molecule has 0 heterocycles. The quantitative estimate of drug-likeness (QED) is 0.0200. The molecular formula is C42H41F6I5O12. The lowest BCUT2D eigenvalue weighted by molar-refractivity contribution is -0.137. The number of carbonyl (C=O) groups is 4. The molecular weight excluding hydrogens is 1440 g/mol. The molecule has 0 aliphatic heterocycles. The molecule has 0 aliphatic carbocycles. The predicted molar refractivity (Wildman–Crippen MR) is 267 cm³/mol. The van der Waals surface area contributed by atoms with Gasteiger partial charge in [-0.2, -0.15) is 13.2 Å². The monoisotopic (exact) mass is 1490 g/mol. The smallest absolute Gasteiger partial charge is 0.416 e. The molecule has 0 fully saturated rings.